The van der Waals surface area contributed by atoms with Crippen molar-refractivity contribution >= 4 is 58.6 Å². The summed E-state index contributed by atoms with van der Waals surface area (Å²) in [5.41, 5.74) is 1.92. The lowest BCUT2D eigenvalue weighted by molar-refractivity contribution is -0.132. The van der Waals surface area contributed by atoms with Gasteiger partial charge < -0.3 is 24.0 Å². The molecule has 0 unspecified atom stereocenters. The lowest BCUT2D eigenvalue weighted by Gasteiger charge is -2.27. The number of carbonyl (C=O) groups excluding carboxylic acids is 3. The highest BCUT2D eigenvalue weighted by Crippen LogP contribution is 2.25. The van der Waals surface area contributed by atoms with E-state index in [1.54, 1.807) is 53.4 Å². The Labute approximate surface area is 224 Å². The summed E-state index contributed by atoms with van der Waals surface area (Å²) in [5.74, 6) is -0.444. The second kappa shape index (κ2) is 12.4. The minimum atomic E-state index is -0.798. The fraction of sp³-hybridized carbons (Fsp3) is 0.346. The van der Waals surface area contributed by atoms with Crippen LogP contribution in [0.15, 0.2) is 48.5 Å². The Kier molecular flexibility index (Phi) is 9.04. The average Bonchev–Trinajstić information content (AvgIpc) is 3.27. The second-order valence-corrected chi connectivity index (χ2v) is 9.25. The van der Waals surface area contributed by atoms with Crippen molar-refractivity contribution in [3.8, 4) is 0 Å². The first-order chi connectivity index (χ1) is 17.8. The van der Waals surface area contributed by atoms with Crippen molar-refractivity contribution in [2.24, 2.45) is 0 Å². The number of nitrogens with one attached hydrogen (secondary N) is 1. The number of hydrogen-bond donors (Lipinski definition) is 1. The number of halogens is 2. The van der Waals surface area contributed by atoms with Gasteiger partial charge in [0.2, 0.25) is 5.91 Å². The highest BCUT2D eigenvalue weighted by atomic mass is 35.5. The molecule has 196 valence electrons. The Morgan fingerprint density at radius 1 is 1.16 bits per heavy atom. The molecular weight excluding hydrogens is 521 g/mol. The summed E-state index contributed by atoms with van der Waals surface area (Å²) < 4.78 is 16.4. The third-order valence-corrected chi connectivity index (χ3v) is 6.65. The molecule has 0 radical (unpaired) electrons. The van der Waals surface area contributed by atoms with Crippen molar-refractivity contribution in [2.45, 2.75) is 25.7 Å². The molecule has 0 aromatic heterocycles. The quantitative estimate of drug-likeness (QED) is 0.509. The number of benzene rings is 2. The molecule has 0 aliphatic carbocycles. The maximum absolute atomic E-state index is 13.0. The second-order valence-electron chi connectivity index (χ2n) is 8.44. The van der Waals surface area contributed by atoms with Crippen molar-refractivity contribution in [1.82, 2.24) is 4.90 Å². The van der Waals surface area contributed by atoms with Crippen LogP contribution in [0.1, 0.15) is 18.9 Å². The monoisotopic (exact) mass is 547 g/mol. The zero-order valence-corrected chi connectivity index (χ0v) is 21.7. The summed E-state index contributed by atoms with van der Waals surface area (Å²) >= 11 is 12.0. The van der Waals surface area contributed by atoms with Crippen molar-refractivity contribution in [2.75, 3.05) is 43.1 Å². The molecule has 2 saturated heterocycles. The lowest BCUT2D eigenvalue weighted by atomic mass is 10.2. The van der Waals surface area contributed by atoms with Gasteiger partial charge in [-0.3, -0.25) is 14.9 Å². The largest absolute Gasteiger partial charge is 0.425 e. The zero-order valence-electron chi connectivity index (χ0n) is 20.2. The SMILES string of the molecule is CCO[C@@H]1C[C@@H](OC(=O)Nc2ccc(N3CCOCC3=O)cc2)N(C(=O)C=Cc2ccc(Cl)c(Cl)c2)C1. The molecule has 4 rings (SSSR count). The minimum absolute atomic E-state index is 0.0499. The molecule has 2 aromatic carbocycles. The zero-order chi connectivity index (χ0) is 26.4. The van der Waals surface area contributed by atoms with Crippen LogP contribution in [0, 0.1) is 0 Å². The molecule has 9 nitrogen and oxygen atoms in total. The number of morpholine rings is 1. The van der Waals surface area contributed by atoms with Crippen molar-refractivity contribution in [3.63, 3.8) is 0 Å². The smallest absolute Gasteiger partial charge is 0.413 e. The van der Waals surface area contributed by atoms with Crippen LogP contribution < -0.4 is 10.2 Å². The topological polar surface area (TPSA) is 97.4 Å². The van der Waals surface area contributed by atoms with Gasteiger partial charge in [-0.25, -0.2) is 4.79 Å². The van der Waals surface area contributed by atoms with E-state index in [9.17, 15) is 14.4 Å². The third kappa shape index (κ3) is 7.01. The Morgan fingerprint density at radius 3 is 2.65 bits per heavy atom. The fourth-order valence-corrected chi connectivity index (χ4v) is 4.44. The van der Waals surface area contributed by atoms with Crippen LogP contribution >= 0.6 is 23.2 Å². The number of rotatable bonds is 7. The summed E-state index contributed by atoms with van der Waals surface area (Å²) in [5, 5.41) is 3.48. The number of anilines is 2. The van der Waals surface area contributed by atoms with Crippen LogP contribution in [0.5, 0.6) is 0 Å². The molecule has 37 heavy (non-hydrogen) atoms. The minimum Gasteiger partial charge on any atom is -0.425 e. The molecule has 3 amide bonds. The van der Waals surface area contributed by atoms with Crippen molar-refractivity contribution in [3.05, 3.63) is 64.1 Å². The summed E-state index contributed by atoms with van der Waals surface area (Å²) in [6, 6.07) is 11.9. The predicted molar refractivity (Wildman–Crippen MR) is 141 cm³/mol. The predicted octanol–water partition coefficient (Wildman–Crippen LogP) is 4.58. The normalized spacial score (nSPS) is 19.9. The number of ether oxygens (including phenoxy) is 3. The molecule has 0 saturated carbocycles. The van der Waals surface area contributed by atoms with E-state index in [0.29, 0.717) is 59.7 Å². The number of hydrogen-bond acceptors (Lipinski definition) is 6. The van der Waals surface area contributed by atoms with Gasteiger partial charge in [-0.1, -0.05) is 29.3 Å². The molecule has 0 spiro atoms. The van der Waals surface area contributed by atoms with Gasteiger partial charge in [-0.05, 0) is 55.0 Å². The van der Waals surface area contributed by atoms with E-state index in [-0.39, 0.29) is 24.5 Å². The first kappa shape index (κ1) is 26.9. The maximum atomic E-state index is 13.0. The van der Waals surface area contributed by atoms with Gasteiger partial charge >= 0.3 is 6.09 Å². The van der Waals surface area contributed by atoms with Crippen LogP contribution in [-0.2, 0) is 23.8 Å². The van der Waals surface area contributed by atoms with Gasteiger partial charge in [0.15, 0.2) is 6.23 Å². The summed E-state index contributed by atoms with van der Waals surface area (Å²) in [6.07, 6.45) is 1.61. The van der Waals surface area contributed by atoms with Gasteiger partial charge in [0.05, 0.1) is 29.3 Å². The molecule has 2 aliphatic heterocycles. The van der Waals surface area contributed by atoms with E-state index in [4.69, 9.17) is 37.4 Å². The molecule has 11 heteroatoms. The van der Waals surface area contributed by atoms with Crippen molar-refractivity contribution < 1.29 is 28.6 Å². The third-order valence-electron chi connectivity index (χ3n) is 5.91. The van der Waals surface area contributed by atoms with Crippen LogP contribution in [0.25, 0.3) is 6.08 Å². The standard InChI is InChI=1S/C26H27Cl2N3O6/c1-2-36-20-14-25(31(15-20)23(32)10-4-17-3-9-21(27)22(28)13-17)37-26(34)29-18-5-7-19(8-6-18)30-11-12-35-16-24(30)33/h3-10,13,20,25H,2,11-12,14-16H2,1H3,(H,29,34)/t20-,25-/m1/s1. The highest BCUT2D eigenvalue weighted by molar-refractivity contribution is 6.42. The molecule has 1 N–H and O–H groups in total. The summed E-state index contributed by atoms with van der Waals surface area (Å²) in [7, 11) is 0. The number of nitrogens with zero attached hydrogens (tertiary/aromatic N) is 2. The fourth-order valence-electron chi connectivity index (χ4n) is 4.13. The Morgan fingerprint density at radius 2 is 1.95 bits per heavy atom. The van der Waals surface area contributed by atoms with Crippen LogP contribution in [0.2, 0.25) is 10.0 Å². The molecule has 2 atom stereocenters. The molecule has 2 aliphatic rings. The van der Waals surface area contributed by atoms with Gasteiger partial charge in [0.1, 0.15) is 6.61 Å². The van der Waals surface area contributed by atoms with Crippen LogP contribution in [-0.4, -0.2) is 68.0 Å². The molecule has 2 aromatic rings. The van der Waals surface area contributed by atoms with Crippen molar-refractivity contribution in [1.29, 1.82) is 0 Å². The van der Waals surface area contributed by atoms with E-state index in [2.05, 4.69) is 5.32 Å². The number of amides is 3. The van der Waals surface area contributed by atoms with E-state index in [0.717, 1.165) is 0 Å². The van der Waals surface area contributed by atoms with Crippen LogP contribution in [0.3, 0.4) is 0 Å². The van der Waals surface area contributed by atoms with Gasteiger partial charge in [-0.2, -0.15) is 0 Å². The Hall–Kier alpha value is -3.11. The average molecular weight is 548 g/mol. The first-order valence-corrected chi connectivity index (χ1v) is 12.6. The van der Waals surface area contributed by atoms with E-state index >= 15 is 0 Å². The van der Waals surface area contributed by atoms with Crippen LogP contribution in [0.4, 0.5) is 16.2 Å². The number of carbonyl (C=O) groups is 3. The maximum Gasteiger partial charge on any atom is 0.413 e. The Balaban J connectivity index is 1.38. The van der Waals surface area contributed by atoms with Gasteiger partial charge in [-0.15, -0.1) is 0 Å². The molecule has 0 bridgehead atoms. The van der Waals surface area contributed by atoms with Gasteiger partial charge in [0, 0.05) is 37.0 Å². The van der Waals surface area contributed by atoms with E-state index in [1.165, 1.54) is 11.0 Å². The first-order valence-electron chi connectivity index (χ1n) is 11.8. The molecule has 2 fully saturated rings. The van der Waals surface area contributed by atoms with E-state index < -0.39 is 12.3 Å². The summed E-state index contributed by atoms with van der Waals surface area (Å²) in [4.78, 5) is 40.7. The highest BCUT2D eigenvalue weighted by Gasteiger charge is 2.37. The molecular formula is C26H27Cl2N3O6. The lowest BCUT2D eigenvalue weighted by Crippen LogP contribution is -2.41. The number of likely N-dealkylation sites (tertiary alicyclic amines) is 1. The van der Waals surface area contributed by atoms with Gasteiger partial charge in [0.25, 0.3) is 5.91 Å². The van der Waals surface area contributed by atoms with E-state index in [1.807, 2.05) is 6.92 Å². The molecule has 2 heterocycles. The Bertz CT molecular complexity index is 1170. The summed E-state index contributed by atoms with van der Waals surface area (Å²) in [6.45, 7) is 3.63.